The molecule has 1 aliphatic rings. The summed E-state index contributed by atoms with van der Waals surface area (Å²) in [5.41, 5.74) is 1.81. The van der Waals surface area contributed by atoms with E-state index >= 15 is 0 Å². The summed E-state index contributed by atoms with van der Waals surface area (Å²) >= 11 is 5.55. The summed E-state index contributed by atoms with van der Waals surface area (Å²) in [6.45, 7) is 4.54. The Morgan fingerprint density at radius 3 is 2.16 bits per heavy atom. The maximum atomic E-state index is 11.5. The van der Waals surface area contributed by atoms with E-state index in [1.54, 1.807) is 11.8 Å². The minimum absolute atomic E-state index is 0.00626. The molecule has 102 valence electrons. The Bertz CT molecular complexity index is 465. The first-order valence-corrected chi connectivity index (χ1v) is 6.85. The summed E-state index contributed by atoms with van der Waals surface area (Å²) in [5.74, 6) is 0.116. The van der Waals surface area contributed by atoms with Crippen molar-refractivity contribution in [2.24, 2.45) is 0 Å². The molecule has 0 radical (unpaired) electrons. The largest absolute Gasteiger partial charge is 0.368 e. The zero-order valence-corrected chi connectivity index (χ0v) is 11.7. The molecule has 0 saturated carbocycles. The predicted octanol–water partition coefficient (Wildman–Crippen LogP) is 1.78. The van der Waals surface area contributed by atoms with E-state index in [0.29, 0.717) is 13.1 Å². The summed E-state index contributed by atoms with van der Waals surface area (Å²) in [6, 6.07) is 7.59. The number of nitrogens with zero attached hydrogens (tertiary/aromatic N) is 2. The van der Waals surface area contributed by atoms with Crippen molar-refractivity contribution < 1.29 is 9.59 Å². The highest BCUT2D eigenvalue weighted by atomic mass is 35.5. The van der Waals surface area contributed by atoms with Crippen LogP contribution < -0.4 is 4.90 Å². The van der Waals surface area contributed by atoms with E-state index in [2.05, 4.69) is 4.90 Å². The number of anilines is 1. The third-order valence-corrected chi connectivity index (χ3v) is 3.61. The van der Waals surface area contributed by atoms with Gasteiger partial charge in [-0.1, -0.05) is 0 Å². The minimum Gasteiger partial charge on any atom is -0.368 e. The van der Waals surface area contributed by atoms with E-state index in [4.69, 9.17) is 11.6 Å². The molecule has 1 heterocycles. The van der Waals surface area contributed by atoms with Crippen molar-refractivity contribution in [3.63, 3.8) is 0 Å². The van der Waals surface area contributed by atoms with Gasteiger partial charge in [0.25, 0.3) is 0 Å². The lowest BCUT2D eigenvalue weighted by Gasteiger charge is -2.35. The molecular formula is C14H17ClN2O2. The molecule has 4 nitrogen and oxygen atoms in total. The average Bonchev–Trinajstić information content (AvgIpc) is 2.46. The Hall–Kier alpha value is -1.55. The molecular weight excluding hydrogens is 264 g/mol. The Labute approximate surface area is 117 Å². The molecule has 0 N–H and O–H groups in total. The second-order valence-corrected chi connectivity index (χ2v) is 4.87. The van der Waals surface area contributed by atoms with Crippen molar-refractivity contribution >= 4 is 29.0 Å². The van der Waals surface area contributed by atoms with E-state index in [1.807, 2.05) is 24.3 Å². The summed E-state index contributed by atoms with van der Waals surface area (Å²) in [4.78, 5) is 26.7. The lowest BCUT2D eigenvalue weighted by atomic mass is 10.1. The molecule has 19 heavy (non-hydrogen) atoms. The van der Waals surface area contributed by atoms with Gasteiger partial charge in [-0.2, -0.15) is 0 Å². The third kappa shape index (κ3) is 3.26. The van der Waals surface area contributed by atoms with Gasteiger partial charge in [0, 0.05) is 37.4 Å². The van der Waals surface area contributed by atoms with Crippen molar-refractivity contribution in [3.8, 4) is 0 Å². The summed E-state index contributed by atoms with van der Waals surface area (Å²) in [5, 5.41) is 0. The number of hydrogen-bond acceptors (Lipinski definition) is 3. The molecule has 1 aromatic rings. The van der Waals surface area contributed by atoms with Crippen LogP contribution in [-0.4, -0.2) is 48.6 Å². The van der Waals surface area contributed by atoms with Crippen LogP contribution in [0.3, 0.4) is 0 Å². The molecule has 1 aliphatic heterocycles. The van der Waals surface area contributed by atoms with E-state index in [9.17, 15) is 9.59 Å². The highest BCUT2D eigenvalue weighted by Gasteiger charge is 2.20. The molecule has 1 fully saturated rings. The number of ketones is 1. The standard InChI is InChI=1S/C14H17ClN2O2/c1-11(18)12-2-4-13(5-3-12)16-6-8-17(9-7-16)14(19)10-15/h2-5H,6-10H2,1H3. The molecule has 1 amide bonds. The third-order valence-electron chi connectivity index (χ3n) is 3.39. The first-order valence-electron chi connectivity index (χ1n) is 6.31. The lowest BCUT2D eigenvalue weighted by Crippen LogP contribution is -2.49. The van der Waals surface area contributed by atoms with Crippen molar-refractivity contribution in [1.82, 2.24) is 4.90 Å². The Morgan fingerprint density at radius 1 is 1.11 bits per heavy atom. The van der Waals surface area contributed by atoms with Crippen LogP contribution in [0.15, 0.2) is 24.3 Å². The first-order chi connectivity index (χ1) is 9.11. The number of rotatable bonds is 3. The number of amides is 1. The Morgan fingerprint density at radius 2 is 1.68 bits per heavy atom. The number of alkyl halides is 1. The van der Waals surface area contributed by atoms with Gasteiger partial charge in [-0.05, 0) is 31.2 Å². The van der Waals surface area contributed by atoms with E-state index < -0.39 is 0 Å². The second-order valence-electron chi connectivity index (χ2n) is 4.60. The minimum atomic E-state index is -0.00626. The number of carbonyl (C=O) groups excluding carboxylic acids is 2. The van der Waals surface area contributed by atoms with Gasteiger partial charge in [0.2, 0.25) is 5.91 Å². The zero-order chi connectivity index (χ0) is 13.8. The number of carbonyl (C=O) groups is 2. The summed E-state index contributed by atoms with van der Waals surface area (Å²) in [7, 11) is 0. The van der Waals surface area contributed by atoms with Gasteiger partial charge < -0.3 is 9.80 Å². The van der Waals surface area contributed by atoms with Crippen molar-refractivity contribution in [2.75, 3.05) is 37.0 Å². The molecule has 1 aromatic carbocycles. The molecule has 2 rings (SSSR count). The van der Waals surface area contributed by atoms with Gasteiger partial charge in [-0.15, -0.1) is 11.6 Å². The lowest BCUT2D eigenvalue weighted by molar-refractivity contribution is -0.128. The second kappa shape index (κ2) is 6.06. The van der Waals surface area contributed by atoms with Crippen LogP contribution in [0.1, 0.15) is 17.3 Å². The molecule has 5 heteroatoms. The fourth-order valence-corrected chi connectivity index (χ4v) is 2.37. The van der Waals surface area contributed by atoms with Gasteiger partial charge in [-0.25, -0.2) is 0 Å². The van der Waals surface area contributed by atoms with Crippen LogP contribution in [0, 0.1) is 0 Å². The molecule has 0 unspecified atom stereocenters. The van der Waals surface area contributed by atoms with Gasteiger partial charge >= 0.3 is 0 Å². The maximum absolute atomic E-state index is 11.5. The molecule has 0 aromatic heterocycles. The number of benzene rings is 1. The fraction of sp³-hybridized carbons (Fsp3) is 0.429. The van der Waals surface area contributed by atoms with Crippen LogP contribution in [0.25, 0.3) is 0 Å². The number of Topliss-reactive ketones (excluding diaryl/α,β-unsaturated/α-hetero) is 1. The molecule has 0 aliphatic carbocycles. The van der Waals surface area contributed by atoms with E-state index in [-0.39, 0.29) is 17.6 Å². The molecule has 0 atom stereocenters. The van der Waals surface area contributed by atoms with Crippen molar-refractivity contribution in [3.05, 3.63) is 29.8 Å². The Kier molecular flexibility index (Phi) is 4.43. The van der Waals surface area contributed by atoms with Crippen LogP contribution in [-0.2, 0) is 4.79 Å². The average molecular weight is 281 g/mol. The van der Waals surface area contributed by atoms with E-state index in [0.717, 1.165) is 24.3 Å². The predicted molar refractivity (Wildman–Crippen MR) is 76.0 cm³/mol. The van der Waals surface area contributed by atoms with Crippen LogP contribution in [0.2, 0.25) is 0 Å². The van der Waals surface area contributed by atoms with E-state index in [1.165, 1.54) is 0 Å². The number of halogens is 1. The van der Waals surface area contributed by atoms with Crippen molar-refractivity contribution in [1.29, 1.82) is 0 Å². The highest BCUT2D eigenvalue weighted by molar-refractivity contribution is 6.27. The first kappa shape index (κ1) is 13.9. The maximum Gasteiger partial charge on any atom is 0.237 e. The number of hydrogen-bond donors (Lipinski definition) is 0. The smallest absolute Gasteiger partial charge is 0.237 e. The van der Waals surface area contributed by atoms with Gasteiger partial charge in [0.15, 0.2) is 5.78 Å². The van der Waals surface area contributed by atoms with Gasteiger partial charge in [-0.3, -0.25) is 9.59 Å². The van der Waals surface area contributed by atoms with Crippen LogP contribution >= 0.6 is 11.6 Å². The normalized spacial score (nSPS) is 15.5. The highest BCUT2D eigenvalue weighted by Crippen LogP contribution is 2.17. The zero-order valence-electron chi connectivity index (χ0n) is 10.9. The molecule has 0 spiro atoms. The fourth-order valence-electron chi connectivity index (χ4n) is 2.21. The van der Waals surface area contributed by atoms with Gasteiger partial charge in [0.1, 0.15) is 5.88 Å². The SMILES string of the molecule is CC(=O)c1ccc(N2CCN(C(=O)CCl)CC2)cc1. The topological polar surface area (TPSA) is 40.6 Å². The summed E-state index contributed by atoms with van der Waals surface area (Å²) in [6.07, 6.45) is 0. The van der Waals surface area contributed by atoms with Crippen LogP contribution in [0.4, 0.5) is 5.69 Å². The van der Waals surface area contributed by atoms with Crippen LogP contribution in [0.5, 0.6) is 0 Å². The monoisotopic (exact) mass is 280 g/mol. The quantitative estimate of drug-likeness (QED) is 0.626. The number of piperazine rings is 1. The van der Waals surface area contributed by atoms with Crippen molar-refractivity contribution in [2.45, 2.75) is 6.92 Å². The Balaban J connectivity index is 1.97. The van der Waals surface area contributed by atoms with Gasteiger partial charge in [0.05, 0.1) is 0 Å². The molecule has 0 bridgehead atoms. The molecule has 1 saturated heterocycles. The summed E-state index contributed by atoms with van der Waals surface area (Å²) < 4.78 is 0.